The molecular weight excluding hydrogens is 234 g/mol. The predicted octanol–water partition coefficient (Wildman–Crippen LogP) is 3.54. The number of halogens is 1. The first-order valence-electron chi connectivity index (χ1n) is 6.68. The summed E-state index contributed by atoms with van der Waals surface area (Å²) in [6.07, 6.45) is 2.85. The summed E-state index contributed by atoms with van der Waals surface area (Å²) in [5, 5.41) is 0. The number of carbonyl (C=O) groups is 1. The zero-order valence-electron chi connectivity index (χ0n) is 11.6. The van der Waals surface area contributed by atoms with E-state index in [1.165, 1.54) is 0 Å². The highest BCUT2D eigenvalue weighted by Gasteiger charge is 2.29. The van der Waals surface area contributed by atoms with E-state index in [0.717, 1.165) is 25.9 Å². The summed E-state index contributed by atoms with van der Waals surface area (Å²) in [6.45, 7) is 10.6. The fourth-order valence-corrected chi connectivity index (χ4v) is 2.45. The first kappa shape index (κ1) is 14.8. The zero-order chi connectivity index (χ0) is 13.1. The Hall–Kier alpha value is -0.240. The van der Waals surface area contributed by atoms with Crippen molar-refractivity contribution in [2.75, 3.05) is 19.0 Å². The molecule has 0 spiro atoms. The zero-order valence-corrected chi connectivity index (χ0v) is 12.4. The van der Waals surface area contributed by atoms with Crippen LogP contribution in [0.5, 0.6) is 0 Å². The summed E-state index contributed by atoms with van der Waals surface area (Å²) in [6, 6.07) is 0. The Morgan fingerprint density at radius 1 is 1.47 bits per heavy atom. The summed E-state index contributed by atoms with van der Waals surface area (Å²) in [5.41, 5.74) is 0.213. The van der Waals surface area contributed by atoms with Crippen LogP contribution in [0.3, 0.4) is 0 Å². The van der Waals surface area contributed by atoms with Gasteiger partial charge in [0.25, 0.3) is 0 Å². The summed E-state index contributed by atoms with van der Waals surface area (Å²) in [5.74, 6) is 2.10. The van der Waals surface area contributed by atoms with Crippen LogP contribution >= 0.6 is 11.6 Å². The molecule has 17 heavy (non-hydrogen) atoms. The number of alkyl halides is 1. The largest absolute Gasteiger partial charge is 0.342 e. The minimum atomic E-state index is 0.213. The molecule has 0 N–H and O–H groups in total. The SMILES string of the molecule is CC(CC(=O)N1CCC(CCCl)C1)C(C)(C)C. The molecule has 0 aromatic heterocycles. The van der Waals surface area contributed by atoms with Crippen molar-refractivity contribution in [1.82, 2.24) is 4.90 Å². The van der Waals surface area contributed by atoms with Gasteiger partial charge in [-0.05, 0) is 30.1 Å². The second-order valence-corrected chi connectivity index (χ2v) is 6.82. The second kappa shape index (κ2) is 6.08. The van der Waals surface area contributed by atoms with Crippen LogP contribution in [0.15, 0.2) is 0 Å². The minimum absolute atomic E-state index is 0.213. The molecule has 0 aromatic rings. The van der Waals surface area contributed by atoms with Crippen LogP contribution in [-0.2, 0) is 4.79 Å². The van der Waals surface area contributed by atoms with Gasteiger partial charge in [0.2, 0.25) is 5.91 Å². The average molecular weight is 260 g/mol. The van der Waals surface area contributed by atoms with Gasteiger partial charge in [-0.1, -0.05) is 27.7 Å². The van der Waals surface area contributed by atoms with Gasteiger partial charge < -0.3 is 4.90 Å². The standard InChI is InChI=1S/C14H26ClNO/c1-11(14(2,3)4)9-13(17)16-8-6-12(10-16)5-7-15/h11-12H,5-10H2,1-4H3. The van der Waals surface area contributed by atoms with Gasteiger partial charge in [0, 0.05) is 25.4 Å². The van der Waals surface area contributed by atoms with E-state index in [4.69, 9.17) is 11.6 Å². The highest BCUT2D eigenvalue weighted by atomic mass is 35.5. The van der Waals surface area contributed by atoms with Crippen molar-refractivity contribution in [3.63, 3.8) is 0 Å². The van der Waals surface area contributed by atoms with Crippen molar-refractivity contribution in [2.45, 2.75) is 47.0 Å². The van der Waals surface area contributed by atoms with Crippen molar-refractivity contribution in [3.05, 3.63) is 0 Å². The first-order valence-corrected chi connectivity index (χ1v) is 7.21. The van der Waals surface area contributed by atoms with Crippen LogP contribution in [0, 0.1) is 17.3 Å². The fraction of sp³-hybridized carbons (Fsp3) is 0.929. The van der Waals surface area contributed by atoms with E-state index < -0.39 is 0 Å². The molecule has 0 radical (unpaired) electrons. The van der Waals surface area contributed by atoms with Crippen LogP contribution < -0.4 is 0 Å². The van der Waals surface area contributed by atoms with Gasteiger partial charge in [0.1, 0.15) is 0 Å². The van der Waals surface area contributed by atoms with Gasteiger partial charge in [-0.25, -0.2) is 0 Å². The monoisotopic (exact) mass is 259 g/mol. The molecule has 1 rings (SSSR count). The third-order valence-electron chi connectivity index (χ3n) is 4.12. The number of hydrogen-bond donors (Lipinski definition) is 0. The Bertz CT molecular complexity index is 259. The van der Waals surface area contributed by atoms with Crippen molar-refractivity contribution >= 4 is 17.5 Å². The molecule has 2 unspecified atom stereocenters. The maximum absolute atomic E-state index is 12.1. The summed E-state index contributed by atoms with van der Waals surface area (Å²) >= 11 is 5.75. The Morgan fingerprint density at radius 2 is 2.12 bits per heavy atom. The van der Waals surface area contributed by atoms with Crippen molar-refractivity contribution < 1.29 is 4.79 Å². The quantitative estimate of drug-likeness (QED) is 0.708. The van der Waals surface area contributed by atoms with E-state index in [1.807, 2.05) is 4.90 Å². The molecule has 1 aliphatic rings. The lowest BCUT2D eigenvalue weighted by molar-refractivity contribution is -0.132. The van der Waals surface area contributed by atoms with E-state index in [1.54, 1.807) is 0 Å². The van der Waals surface area contributed by atoms with Crippen molar-refractivity contribution in [1.29, 1.82) is 0 Å². The molecule has 1 saturated heterocycles. The minimum Gasteiger partial charge on any atom is -0.342 e. The van der Waals surface area contributed by atoms with Gasteiger partial charge in [-0.2, -0.15) is 0 Å². The normalized spacial score (nSPS) is 22.9. The lowest BCUT2D eigenvalue weighted by atomic mass is 9.80. The summed E-state index contributed by atoms with van der Waals surface area (Å²) in [7, 11) is 0. The van der Waals surface area contributed by atoms with E-state index in [9.17, 15) is 4.79 Å². The molecule has 1 fully saturated rings. The molecule has 1 aliphatic heterocycles. The highest BCUT2D eigenvalue weighted by molar-refractivity contribution is 6.17. The Labute approximate surface area is 111 Å². The van der Waals surface area contributed by atoms with Crippen LogP contribution in [0.2, 0.25) is 0 Å². The topological polar surface area (TPSA) is 20.3 Å². The molecule has 2 atom stereocenters. The number of amides is 1. The van der Waals surface area contributed by atoms with Crippen LogP contribution in [0.1, 0.15) is 47.0 Å². The molecule has 0 aromatic carbocycles. The van der Waals surface area contributed by atoms with Gasteiger partial charge in [-0.15, -0.1) is 11.6 Å². The summed E-state index contributed by atoms with van der Waals surface area (Å²) in [4.78, 5) is 14.2. The van der Waals surface area contributed by atoms with Gasteiger partial charge in [-0.3, -0.25) is 4.79 Å². The van der Waals surface area contributed by atoms with Gasteiger partial charge in [0.05, 0.1) is 0 Å². The van der Waals surface area contributed by atoms with Crippen LogP contribution in [0.4, 0.5) is 0 Å². The Morgan fingerprint density at radius 3 is 2.65 bits per heavy atom. The molecule has 1 heterocycles. The van der Waals surface area contributed by atoms with E-state index >= 15 is 0 Å². The van der Waals surface area contributed by atoms with E-state index in [0.29, 0.717) is 30.0 Å². The predicted molar refractivity (Wildman–Crippen MR) is 73.3 cm³/mol. The Kier molecular flexibility index (Phi) is 5.30. The van der Waals surface area contributed by atoms with Crippen LogP contribution in [0.25, 0.3) is 0 Å². The third-order valence-corrected chi connectivity index (χ3v) is 4.33. The maximum Gasteiger partial charge on any atom is 0.222 e. The molecule has 0 saturated carbocycles. The van der Waals surface area contributed by atoms with Crippen molar-refractivity contribution in [2.24, 2.45) is 17.3 Å². The lowest BCUT2D eigenvalue weighted by Crippen LogP contribution is -2.32. The lowest BCUT2D eigenvalue weighted by Gasteiger charge is -2.28. The molecular formula is C14H26ClNO. The molecule has 0 aliphatic carbocycles. The number of rotatable bonds is 4. The number of nitrogens with zero attached hydrogens (tertiary/aromatic N) is 1. The molecule has 0 bridgehead atoms. The maximum atomic E-state index is 12.1. The number of carbonyl (C=O) groups excluding carboxylic acids is 1. The average Bonchev–Trinajstić information content (AvgIpc) is 2.65. The Balaban J connectivity index is 2.39. The van der Waals surface area contributed by atoms with Gasteiger partial charge >= 0.3 is 0 Å². The second-order valence-electron chi connectivity index (χ2n) is 6.44. The number of hydrogen-bond acceptors (Lipinski definition) is 1. The third kappa shape index (κ3) is 4.50. The summed E-state index contributed by atoms with van der Waals surface area (Å²) < 4.78 is 0. The fourth-order valence-electron chi connectivity index (χ4n) is 2.15. The van der Waals surface area contributed by atoms with Gasteiger partial charge in [0.15, 0.2) is 0 Å². The highest BCUT2D eigenvalue weighted by Crippen LogP contribution is 2.29. The number of likely N-dealkylation sites (tertiary alicyclic amines) is 1. The van der Waals surface area contributed by atoms with Crippen molar-refractivity contribution in [3.8, 4) is 0 Å². The molecule has 2 nitrogen and oxygen atoms in total. The molecule has 100 valence electrons. The van der Waals surface area contributed by atoms with E-state index in [2.05, 4.69) is 27.7 Å². The van der Waals surface area contributed by atoms with E-state index in [-0.39, 0.29) is 5.41 Å². The van der Waals surface area contributed by atoms with Crippen LogP contribution in [-0.4, -0.2) is 29.8 Å². The smallest absolute Gasteiger partial charge is 0.222 e. The molecule has 3 heteroatoms. The molecule has 1 amide bonds. The first-order chi connectivity index (χ1) is 7.84.